The molecular formula is C18H16N6O3S. The lowest BCUT2D eigenvalue weighted by Gasteiger charge is -2.00. The predicted molar refractivity (Wildman–Crippen MR) is 102 cm³/mol. The Kier molecular flexibility index (Phi) is 5.11. The van der Waals surface area contributed by atoms with Crippen LogP contribution in [0.3, 0.4) is 0 Å². The molecular weight excluding hydrogens is 380 g/mol. The highest BCUT2D eigenvalue weighted by Gasteiger charge is 2.14. The molecule has 10 heteroatoms. The van der Waals surface area contributed by atoms with Crippen LogP contribution in [0.5, 0.6) is 5.88 Å². The topological polar surface area (TPSA) is 119 Å². The summed E-state index contributed by atoms with van der Waals surface area (Å²) in [6, 6.07) is 9.12. The van der Waals surface area contributed by atoms with Gasteiger partial charge in [0, 0.05) is 17.8 Å². The highest BCUT2D eigenvalue weighted by molar-refractivity contribution is 7.13. The molecule has 0 aliphatic rings. The largest absolute Gasteiger partial charge is 0.478 e. The molecule has 0 fully saturated rings. The van der Waals surface area contributed by atoms with Crippen LogP contribution in [-0.4, -0.2) is 37.8 Å². The summed E-state index contributed by atoms with van der Waals surface area (Å²) in [5.41, 5.74) is 1.78. The van der Waals surface area contributed by atoms with Crippen LogP contribution >= 0.6 is 11.3 Å². The maximum absolute atomic E-state index is 12.3. The number of carbonyl (C=O) groups excluding carboxylic acids is 1. The van der Waals surface area contributed by atoms with Crippen molar-refractivity contribution in [2.45, 2.75) is 13.5 Å². The standard InChI is InChI=1S/C18H16N6O3S/c1-2-26-15-6-5-11(9-19-15)17-21-16(27-24-17)10-20-18(25)13-8-12(22-23-13)14-4-3-7-28-14/h3-9H,2,10H2,1H3,(H,20,25)(H,22,23). The predicted octanol–water partition coefficient (Wildman–Crippen LogP) is 2.91. The number of pyridine rings is 1. The zero-order valence-corrected chi connectivity index (χ0v) is 15.7. The summed E-state index contributed by atoms with van der Waals surface area (Å²) in [6.07, 6.45) is 1.61. The average Bonchev–Trinajstić information content (AvgIpc) is 3.48. The zero-order valence-electron chi connectivity index (χ0n) is 14.9. The molecule has 4 rings (SSSR count). The monoisotopic (exact) mass is 396 g/mol. The Morgan fingerprint density at radius 1 is 1.36 bits per heavy atom. The summed E-state index contributed by atoms with van der Waals surface area (Å²) in [6.45, 7) is 2.53. The van der Waals surface area contributed by atoms with Crippen molar-refractivity contribution in [2.75, 3.05) is 6.61 Å². The fourth-order valence-corrected chi connectivity index (χ4v) is 3.12. The molecule has 0 saturated heterocycles. The summed E-state index contributed by atoms with van der Waals surface area (Å²) in [7, 11) is 0. The van der Waals surface area contributed by atoms with E-state index in [1.165, 1.54) is 0 Å². The van der Waals surface area contributed by atoms with Gasteiger partial charge in [0.2, 0.25) is 17.6 Å². The lowest BCUT2D eigenvalue weighted by molar-refractivity contribution is 0.0941. The van der Waals surface area contributed by atoms with E-state index in [1.54, 1.807) is 35.7 Å². The first-order valence-corrected chi connectivity index (χ1v) is 9.40. The van der Waals surface area contributed by atoms with Gasteiger partial charge < -0.3 is 14.6 Å². The fourth-order valence-electron chi connectivity index (χ4n) is 2.43. The molecule has 9 nitrogen and oxygen atoms in total. The maximum atomic E-state index is 12.3. The van der Waals surface area contributed by atoms with Crippen molar-refractivity contribution in [3.8, 4) is 27.8 Å². The minimum Gasteiger partial charge on any atom is -0.478 e. The minimum atomic E-state index is -0.332. The Hall–Kier alpha value is -3.53. The van der Waals surface area contributed by atoms with Crippen molar-refractivity contribution in [1.29, 1.82) is 0 Å². The summed E-state index contributed by atoms with van der Waals surface area (Å²) in [5, 5.41) is 15.5. The van der Waals surface area contributed by atoms with E-state index in [0.717, 1.165) is 10.6 Å². The van der Waals surface area contributed by atoms with E-state index in [9.17, 15) is 4.79 Å². The summed E-state index contributed by atoms with van der Waals surface area (Å²) >= 11 is 1.57. The second-order valence-corrected chi connectivity index (χ2v) is 6.60. The van der Waals surface area contributed by atoms with Gasteiger partial charge in [0.15, 0.2) is 5.69 Å². The van der Waals surface area contributed by atoms with E-state index in [0.29, 0.717) is 29.6 Å². The summed E-state index contributed by atoms with van der Waals surface area (Å²) < 4.78 is 10.5. The van der Waals surface area contributed by atoms with Crippen molar-refractivity contribution in [3.05, 3.63) is 53.5 Å². The van der Waals surface area contributed by atoms with Gasteiger partial charge in [-0.2, -0.15) is 10.1 Å². The molecule has 0 spiro atoms. The number of ether oxygens (including phenoxy) is 1. The van der Waals surface area contributed by atoms with Gasteiger partial charge in [-0.1, -0.05) is 11.2 Å². The third kappa shape index (κ3) is 3.91. The summed E-state index contributed by atoms with van der Waals surface area (Å²) in [5.74, 6) is 0.871. The van der Waals surface area contributed by atoms with E-state index in [2.05, 4.69) is 30.6 Å². The first-order chi connectivity index (χ1) is 13.7. The van der Waals surface area contributed by atoms with Gasteiger partial charge in [-0.15, -0.1) is 11.3 Å². The highest BCUT2D eigenvalue weighted by Crippen LogP contribution is 2.23. The molecule has 142 valence electrons. The van der Waals surface area contributed by atoms with E-state index in [-0.39, 0.29) is 18.3 Å². The van der Waals surface area contributed by atoms with Crippen molar-refractivity contribution < 1.29 is 14.1 Å². The Morgan fingerprint density at radius 3 is 3.04 bits per heavy atom. The lowest BCUT2D eigenvalue weighted by atomic mass is 10.3. The summed E-state index contributed by atoms with van der Waals surface area (Å²) in [4.78, 5) is 21.7. The van der Waals surface area contributed by atoms with Crippen LogP contribution in [0, 0.1) is 0 Å². The van der Waals surface area contributed by atoms with Crippen LogP contribution in [0.25, 0.3) is 22.0 Å². The number of nitrogens with zero attached hydrogens (tertiary/aromatic N) is 4. The van der Waals surface area contributed by atoms with Crippen LogP contribution in [0.2, 0.25) is 0 Å². The molecule has 1 amide bonds. The first-order valence-electron chi connectivity index (χ1n) is 8.52. The molecule has 4 heterocycles. The van der Waals surface area contributed by atoms with Crippen molar-refractivity contribution in [3.63, 3.8) is 0 Å². The number of hydrogen-bond donors (Lipinski definition) is 2. The minimum absolute atomic E-state index is 0.0947. The van der Waals surface area contributed by atoms with E-state index < -0.39 is 0 Å². The lowest BCUT2D eigenvalue weighted by Crippen LogP contribution is -2.23. The molecule has 0 radical (unpaired) electrons. The molecule has 28 heavy (non-hydrogen) atoms. The van der Waals surface area contributed by atoms with Gasteiger partial charge in [0.25, 0.3) is 5.91 Å². The maximum Gasteiger partial charge on any atom is 0.272 e. The number of H-pyrrole nitrogens is 1. The van der Waals surface area contributed by atoms with Crippen LogP contribution in [0.4, 0.5) is 0 Å². The molecule has 0 aromatic carbocycles. The number of nitrogens with one attached hydrogen (secondary N) is 2. The normalized spacial score (nSPS) is 10.8. The second-order valence-electron chi connectivity index (χ2n) is 5.66. The number of carbonyl (C=O) groups is 1. The van der Waals surface area contributed by atoms with Gasteiger partial charge in [0.1, 0.15) is 0 Å². The Labute approximate surface area is 163 Å². The van der Waals surface area contributed by atoms with Crippen molar-refractivity contribution in [2.24, 2.45) is 0 Å². The number of hydrogen-bond acceptors (Lipinski definition) is 8. The molecule has 0 unspecified atom stereocenters. The third-order valence-electron chi connectivity index (χ3n) is 3.75. The molecule has 0 bridgehead atoms. The smallest absolute Gasteiger partial charge is 0.272 e. The Bertz CT molecular complexity index is 1060. The second kappa shape index (κ2) is 8.01. The highest BCUT2D eigenvalue weighted by atomic mass is 32.1. The van der Waals surface area contributed by atoms with Gasteiger partial charge in [-0.3, -0.25) is 9.89 Å². The molecule has 0 saturated carbocycles. The van der Waals surface area contributed by atoms with Gasteiger partial charge in [-0.05, 0) is 30.5 Å². The number of aromatic nitrogens is 5. The van der Waals surface area contributed by atoms with E-state index in [1.807, 2.05) is 24.4 Å². The molecule has 0 atom stereocenters. The fraction of sp³-hybridized carbons (Fsp3) is 0.167. The van der Waals surface area contributed by atoms with Crippen LogP contribution < -0.4 is 10.1 Å². The van der Waals surface area contributed by atoms with Crippen molar-refractivity contribution in [1.82, 2.24) is 30.6 Å². The molecule has 4 aromatic rings. The van der Waals surface area contributed by atoms with Crippen LogP contribution in [-0.2, 0) is 6.54 Å². The number of aromatic amines is 1. The quantitative estimate of drug-likeness (QED) is 0.493. The van der Waals surface area contributed by atoms with Crippen LogP contribution in [0.1, 0.15) is 23.3 Å². The first kappa shape index (κ1) is 17.9. The SMILES string of the molecule is CCOc1ccc(-c2noc(CNC(=O)c3cc(-c4cccs4)[nH]n3)n2)cn1. The molecule has 0 aliphatic carbocycles. The van der Waals surface area contributed by atoms with Gasteiger partial charge >= 0.3 is 0 Å². The molecule has 4 aromatic heterocycles. The van der Waals surface area contributed by atoms with Crippen molar-refractivity contribution >= 4 is 17.2 Å². The molecule has 0 aliphatic heterocycles. The zero-order chi connectivity index (χ0) is 19.3. The van der Waals surface area contributed by atoms with E-state index in [4.69, 9.17) is 9.26 Å². The van der Waals surface area contributed by atoms with Gasteiger partial charge in [-0.25, -0.2) is 4.98 Å². The Balaban J connectivity index is 1.37. The molecule has 2 N–H and O–H groups in total. The number of amides is 1. The third-order valence-corrected chi connectivity index (χ3v) is 4.66. The number of thiophene rings is 1. The average molecular weight is 396 g/mol. The van der Waals surface area contributed by atoms with Crippen LogP contribution in [0.15, 0.2) is 46.4 Å². The van der Waals surface area contributed by atoms with Gasteiger partial charge in [0.05, 0.1) is 23.7 Å². The number of rotatable bonds is 7. The van der Waals surface area contributed by atoms with E-state index >= 15 is 0 Å². The Morgan fingerprint density at radius 2 is 2.29 bits per heavy atom.